The Bertz CT molecular complexity index is 269. The Morgan fingerprint density at radius 1 is 1.38 bits per heavy atom. The Labute approximate surface area is 99.0 Å². The molecule has 1 aromatic rings. The quantitative estimate of drug-likeness (QED) is 0.396. The van der Waals surface area contributed by atoms with E-state index in [-0.39, 0.29) is 35.3 Å². The van der Waals surface area contributed by atoms with Crippen molar-refractivity contribution in [3.63, 3.8) is 0 Å². The molecule has 1 rings (SSSR count). The largest absolute Gasteiger partial charge is 1.00 e. The Balaban J connectivity index is 0.00000144. The molecule has 4 heteroatoms. The zero-order valence-corrected chi connectivity index (χ0v) is 9.74. The van der Waals surface area contributed by atoms with Gasteiger partial charge in [0, 0.05) is 0 Å². The molecule has 0 unspecified atom stereocenters. The van der Waals surface area contributed by atoms with Crippen LogP contribution in [0.25, 0.3) is 0 Å². The second-order valence-corrected chi connectivity index (χ2v) is 2.24. The number of hydrogen-bond donors (Lipinski definition) is 0. The minimum Gasteiger partial charge on any atom is -0.872 e. The van der Waals surface area contributed by atoms with Crippen molar-refractivity contribution in [1.82, 2.24) is 0 Å². The fourth-order valence-electron chi connectivity index (χ4n) is 0.805. The first-order valence-electron chi connectivity index (χ1n) is 3.68. The van der Waals surface area contributed by atoms with E-state index in [0.29, 0.717) is 12.2 Å². The number of ether oxygens (including phenoxy) is 1. The van der Waals surface area contributed by atoms with E-state index in [0.717, 1.165) is 0 Å². The molecule has 0 saturated carbocycles. The van der Waals surface area contributed by atoms with E-state index < -0.39 is 5.97 Å². The predicted molar refractivity (Wildman–Crippen MR) is 41.8 cm³/mol. The van der Waals surface area contributed by atoms with Crippen LogP contribution in [-0.4, -0.2) is 12.6 Å². The average molecular weight is 188 g/mol. The van der Waals surface area contributed by atoms with E-state index in [1.807, 2.05) is 0 Å². The normalized spacial score (nSPS) is 8.69. The van der Waals surface area contributed by atoms with Crippen molar-refractivity contribution in [2.75, 3.05) is 6.61 Å². The summed E-state index contributed by atoms with van der Waals surface area (Å²) in [5.74, 6) is -0.499. The van der Waals surface area contributed by atoms with Gasteiger partial charge in [-0.25, -0.2) is 4.79 Å². The van der Waals surface area contributed by atoms with Gasteiger partial charge in [-0.3, -0.25) is 0 Å². The summed E-state index contributed by atoms with van der Waals surface area (Å²) in [6, 6.07) is 5.60. The SMILES string of the molecule is CCOC(=O)c1ccc([O-])cc1.[Na+]. The van der Waals surface area contributed by atoms with Gasteiger partial charge >= 0.3 is 35.5 Å². The summed E-state index contributed by atoms with van der Waals surface area (Å²) in [6.07, 6.45) is 0. The zero-order chi connectivity index (χ0) is 8.97. The van der Waals surface area contributed by atoms with Crippen molar-refractivity contribution in [3.8, 4) is 5.75 Å². The molecule has 0 aliphatic rings. The minimum absolute atomic E-state index is 0. The number of carbonyl (C=O) groups is 1. The molecule has 3 nitrogen and oxygen atoms in total. The van der Waals surface area contributed by atoms with Gasteiger partial charge in [0.05, 0.1) is 12.2 Å². The first kappa shape index (κ1) is 12.5. The van der Waals surface area contributed by atoms with E-state index in [4.69, 9.17) is 4.74 Å². The summed E-state index contributed by atoms with van der Waals surface area (Å²) in [6.45, 7) is 2.08. The third-order valence-electron chi connectivity index (χ3n) is 1.37. The Kier molecular flexibility index (Phi) is 5.79. The molecule has 0 bridgehead atoms. The summed E-state index contributed by atoms with van der Waals surface area (Å²) in [7, 11) is 0. The van der Waals surface area contributed by atoms with Gasteiger partial charge in [-0.15, -0.1) is 5.75 Å². The topological polar surface area (TPSA) is 49.4 Å². The van der Waals surface area contributed by atoms with Crippen molar-refractivity contribution in [1.29, 1.82) is 0 Å². The fourth-order valence-corrected chi connectivity index (χ4v) is 0.805. The van der Waals surface area contributed by atoms with Crippen LogP contribution in [0.4, 0.5) is 0 Å². The summed E-state index contributed by atoms with van der Waals surface area (Å²) in [4.78, 5) is 11.0. The molecule has 0 N–H and O–H groups in total. The van der Waals surface area contributed by atoms with Crippen LogP contribution < -0.4 is 34.7 Å². The number of esters is 1. The molecular formula is C9H9NaO3. The number of hydrogen-bond acceptors (Lipinski definition) is 3. The second kappa shape index (κ2) is 6.02. The van der Waals surface area contributed by atoms with Crippen molar-refractivity contribution in [2.24, 2.45) is 0 Å². The molecule has 0 aromatic heterocycles. The van der Waals surface area contributed by atoms with Gasteiger partial charge in [0.1, 0.15) is 0 Å². The summed E-state index contributed by atoms with van der Waals surface area (Å²) in [5.41, 5.74) is 0.413. The molecule has 1 aromatic carbocycles. The Hall–Kier alpha value is -0.510. The first-order chi connectivity index (χ1) is 5.74. The van der Waals surface area contributed by atoms with E-state index in [2.05, 4.69) is 0 Å². The molecule has 0 atom stereocenters. The molecule has 0 aliphatic heterocycles. The molecule has 64 valence electrons. The monoisotopic (exact) mass is 188 g/mol. The van der Waals surface area contributed by atoms with E-state index in [1.54, 1.807) is 6.92 Å². The van der Waals surface area contributed by atoms with Crippen molar-refractivity contribution in [3.05, 3.63) is 29.8 Å². The van der Waals surface area contributed by atoms with Gasteiger partial charge in [-0.1, -0.05) is 12.1 Å². The third-order valence-corrected chi connectivity index (χ3v) is 1.37. The Morgan fingerprint density at radius 2 is 1.92 bits per heavy atom. The van der Waals surface area contributed by atoms with Crippen molar-refractivity contribution < 1.29 is 44.2 Å². The van der Waals surface area contributed by atoms with Crippen LogP contribution in [0.2, 0.25) is 0 Å². The van der Waals surface area contributed by atoms with Gasteiger partial charge in [0.2, 0.25) is 0 Å². The van der Waals surface area contributed by atoms with Gasteiger partial charge in [0.25, 0.3) is 0 Å². The molecule has 13 heavy (non-hydrogen) atoms. The van der Waals surface area contributed by atoms with Crippen molar-refractivity contribution in [2.45, 2.75) is 6.92 Å². The van der Waals surface area contributed by atoms with Gasteiger partial charge in [0.15, 0.2) is 0 Å². The number of carbonyl (C=O) groups excluding carboxylic acids is 1. The average Bonchev–Trinajstić information content (AvgIpc) is 2.06. The number of rotatable bonds is 2. The molecule has 0 spiro atoms. The maximum atomic E-state index is 11.0. The molecular weight excluding hydrogens is 179 g/mol. The maximum Gasteiger partial charge on any atom is 1.00 e. The van der Waals surface area contributed by atoms with Crippen LogP contribution in [-0.2, 0) is 4.74 Å². The van der Waals surface area contributed by atoms with Crippen LogP contribution in [0.15, 0.2) is 24.3 Å². The van der Waals surface area contributed by atoms with Crippen LogP contribution in [0.5, 0.6) is 5.75 Å². The zero-order valence-electron chi connectivity index (χ0n) is 7.74. The first-order valence-corrected chi connectivity index (χ1v) is 3.68. The standard InChI is InChI=1S/C9H10O3.Na/c1-2-12-9(11)7-3-5-8(10)6-4-7;/h3-6,10H,2H2,1H3;/q;+1/p-1. The summed E-state index contributed by atoms with van der Waals surface area (Å²) < 4.78 is 4.73. The molecule has 0 amide bonds. The third kappa shape index (κ3) is 3.81. The van der Waals surface area contributed by atoms with Gasteiger partial charge in [-0.2, -0.15) is 0 Å². The van der Waals surface area contributed by atoms with Gasteiger partial charge in [-0.05, 0) is 19.1 Å². The smallest absolute Gasteiger partial charge is 0.872 e. The van der Waals surface area contributed by atoms with E-state index in [1.165, 1.54) is 24.3 Å². The number of benzene rings is 1. The van der Waals surface area contributed by atoms with Crippen LogP contribution in [0.3, 0.4) is 0 Å². The summed E-state index contributed by atoms with van der Waals surface area (Å²) >= 11 is 0. The molecule has 0 fully saturated rings. The molecule has 0 aliphatic carbocycles. The second-order valence-electron chi connectivity index (χ2n) is 2.24. The van der Waals surface area contributed by atoms with Crippen LogP contribution in [0.1, 0.15) is 17.3 Å². The van der Waals surface area contributed by atoms with E-state index >= 15 is 0 Å². The molecule has 0 heterocycles. The van der Waals surface area contributed by atoms with Gasteiger partial charge < -0.3 is 9.84 Å². The molecule has 0 saturated heterocycles. The van der Waals surface area contributed by atoms with E-state index in [9.17, 15) is 9.90 Å². The van der Waals surface area contributed by atoms with Crippen molar-refractivity contribution >= 4 is 5.97 Å². The fraction of sp³-hybridized carbons (Fsp3) is 0.222. The molecule has 0 radical (unpaired) electrons. The van der Waals surface area contributed by atoms with Crippen LogP contribution >= 0.6 is 0 Å². The minimum atomic E-state index is -0.391. The maximum absolute atomic E-state index is 11.0. The van der Waals surface area contributed by atoms with Crippen LogP contribution in [0, 0.1) is 0 Å². The summed E-state index contributed by atoms with van der Waals surface area (Å²) in [5, 5.41) is 10.7. The Morgan fingerprint density at radius 3 is 2.38 bits per heavy atom. The predicted octanol–water partition coefficient (Wildman–Crippen LogP) is -2.06.